The second kappa shape index (κ2) is 3.30. The highest BCUT2D eigenvalue weighted by atomic mass is 16.3. The maximum atomic E-state index is 11.3. The zero-order valence-corrected chi connectivity index (χ0v) is 7.44. The molecule has 12 heavy (non-hydrogen) atoms. The first kappa shape index (κ1) is 8.64. The van der Waals surface area contributed by atoms with Crippen molar-refractivity contribution >= 4 is 11.9 Å². The topological polar surface area (TPSA) is 36.7 Å². The van der Waals surface area contributed by atoms with E-state index < -0.39 is 0 Å². The summed E-state index contributed by atoms with van der Waals surface area (Å²) in [6, 6.07) is 3.38. The zero-order valence-electron chi connectivity index (χ0n) is 7.44. The third-order valence-corrected chi connectivity index (χ3v) is 1.51. The second-order valence-corrected chi connectivity index (χ2v) is 2.69. The molecule has 1 rings (SSSR count). The van der Waals surface area contributed by atoms with Crippen LogP contribution in [-0.2, 0) is 0 Å². The molecule has 4 nitrogen and oxygen atoms in total. The highest BCUT2D eigenvalue weighted by Crippen LogP contribution is 2.12. The molecule has 66 valence electrons. The molecule has 0 saturated heterocycles. The fourth-order valence-corrected chi connectivity index (χ4v) is 0.855. The number of anilines is 1. The second-order valence-electron chi connectivity index (χ2n) is 2.69. The number of nitrogens with zero attached hydrogens (tertiary/aromatic N) is 2. The number of furan rings is 1. The summed E-state index contributed by atoms with van der Waals surface area (Å²) in [6.07, 6.45) is 1.54. The normalized spacial score (nSPS) is 9.58. The molecule has 4 heteroatoms. The number of hydrogen-bond donors (Lipinski definition) is 0. The summed E-state index contributed by atoms with van der Waals surface area (Å²) in [5.41, 5.74) is 0. The lowest BCUT2D eigenvalue weighted by Gasteiger charge is -2.18. The third kappa shape index (κ3) is 1.58. The molecule has 0 aliphatic rings. The molecule has 2 amide bonds. The van der Waals surface area contributed by atoms with E-state index in [1.165, 1.54) is 16.1 Å². The summed E-state index contributed by atoms with van der Waals surface area (Å²) in [5, 5.41) is 0. The van der Waals surface area contributed by atoms with Gasteiger partial charge in [0.1, 0.15) is 0 Å². The first-order chi connectivity index (χ1) is 5.63. The quantitative estimate of drug-likeness (QED) is 0.635. The minimum absolute atomic E-state index is 0.107. The van der Waals surface area contributed by atoms with E-state index in [2.05, 4.69) is 0 Å². The van der Waals surface area contributed by atoms with Gasteiger partial charge in [-0.3, -0.25) is 4.90 Å². The number of carbonyl (C=O) groups excluding carboxylic acids is 1. The van der Waals surface area contributed by atoms with E-state index in [9.17, 15) is 4.79 Å². The van der Waals surface area contributed by atoms with Gasteiger partial charge >= 0.3 is 6.03 Å². The molecule has 0 spiro atoms. The van der Waals surface area contributed by atoms with Crippen LogP contribution in [0.25, 0.3) is 0 Å². The van der Waals surface area contributed by atoms with Crippen LogP contribution in [0, 0.1) is 0 Å². The lowest BCUT2D eigenvalue weighted by molar-refractivity contribution is 0.224. The Bertz CT molecular complexity index is 254. The van der Waals surface area contributed by atoms with Gasteiger partial charge in [0.05, 0.1) is 6.26 Å². The molecular formula is C8H12N2O2. The molecule has 0 radical (unpaired) electrons. The van der Waals surface area contributed by atoms with E-state index in [1.54, 1.807) is 33.3 Å². The van der Waals surface area contributed by atoms with Crippen molar-refractivity contribution in [2.24, 2.45) is 0 Å². The zero-order chi connectivity index (χ0) is 9.14. The standard InChI is InChI=1S/C8H12N2O2/c1-9(2)8(11)10(3)7-5-4-6-12-7/h4-6H,1-3H3. The van der Waals surface area contributed by atoms with Gasteiger partial charge in [-0.2, -0.15) is 0 Å². The SMILES string of the molecule is CN(C)C(=O)N(C)c1ccco1. The Hall–Kier alpha value is -1.45. The van der Waals surface area contributed by atoms with Crippen molar-refractivity contribution in [3.05, 3.63) is 18.4 Å². The van der Waals surface area contributed by atoms with Gasteiger partial charge in [0.2, 0.25) is 5.88 Å². The predicted molar refractivity (Wildman–Crippen MR) is 46.2 cm³/mol. The third-order valence-electron chi connectivity index (χ3n) is 1.51. The Labute approximate surface area is 71.4 Å². The Morgan fingerprint density at radius 1 is 1.42 bits per heavy atom. The molecule has 0 aromatic carbocycles. The van der Waals surface area contributed by atoms with Gasteiger partial charge in [-0.1, -0.05) is 0 Å². The average Bonchev–Trinajstić information content (AvgIpc) is 2.53. The maximum absolute atomic E-state index is 11.3. The van der Waals surface area contributed by atoms with Crippen LogP contribution in [0.2, 0.25) is 0 Å². The van der Waals surface area contributed by atoms with E-state index in [4.69, 9.17) is 4.42 Å². The van der Waals surface area contributed by atoms with Crippen molar-refractivity contribution in [1.82, 2.24) is 4.90 Å². The molecule has 0 aliphatic heterocycles. The molecule has 0 N–H and O–H groups in total. The molecule has 0 unspecified atom stereocenters. The number of carbonyl (C=O) groups is 1. The molecule has 0 saturated carbocycles. The van der Waals surface area contributed by atoms with Gasteiger partial charge in [0.15, 0.2) is 0 Å². The maximum Gasteiger partial charge on any atom is 0.326 e. The highest BCUT2D eigenvalue weighted by molar-refractivity contribution is 5.89. The molecule has 1 heterocycles. The van der Waals surface area contributed by atoms with E-state index in [1.807, 2.05) is 0 Å². The molecule has 1 aromatic heterocycles. The van der Waals surface area contributed by atoms with Crippen molar-refractivity contribution in [3.8, 4) is 0 Å². The minimum atomic E-state index is -0.107. The van der Waals surface area contributed by atoms with Gasteiger partial charge in [0.25, 0.3) is 0 Å². The highest BCUT2D eigenvalue weighted by Gasteiger charge is 2.13. The van der Waals surface area contributed by atoms with Gasteiger partial charge in [-0.05, 0) is 6.07 Å². The number of amides is 2. The van der Waals surface area contributed by atoms with Crippen LogP contribution >= 0.6 is 0 Å². The van der Waals surface area contributed by atoms with E-state index in [0.717, 1.165) is 0 Å². The first-order valence-electron chi connectivity index (χ1n) is 3.61. The van der Waals surface area contributed by atoms with Crippen molar-refractivity contribution in [2.75, 3.05) is 26.0 Å². The van der Waals surface area contributed by atoms with E-state index >= 15 is 0 Å². The summed E-state index contributed by atoms with van der Waals surface area (Å²) in [7, 11) is 5.06. The largest absolute Gasteiger partial charge is 0.448 e. The van der Waals surface area contributed by atoms with Gasteiger partial charge < -0.3 is 9.32 Å². The monoisotopic (exact) mass is 168 g/mol. The van der Waals surface area contributed by atoms with Crippen LogP contribution in [-0.4, -0.2) is 32.1 Å². The first-order valence-corrected chi connectivity index (χ1v) is 3.61. The van der Waals surface area contributed by atoms with Crippen LogP contribution in [0.1, 0.15) is 0 Å². The van der Waals surface area contributed by atoms with Crippen LogP contribution in [0.5, 0.6) is 0 Å². The van der Waals surface area contributed by atoms with Crippen LogP contribution in [0.3, 0.4) is 0 Å². The smallest absolute Gasteiger partial charge is 0.326 e. The summed E-state index contributed by atoms with van der Waals surface area (Å²) >= 11 is 0. The molecule has 0 bridgehead atoms. The summed E-state index contributed by atoms with van der Waals surface area (Å²) in [4.78, 5) is 14.3. The lowest BCUT2D eigenvalue weighted by atomic mass is 10.5. The fraction of sp³-hybridized carbons (Fsp3) is 0.375. The Morgan fingerprint density at radius 2 is 2.08 bits per heavy atom. The molecule has 0 aliphatic carbocycles. The predicted octanol–water partition coefficient (Wildman–Crippen LogP) is 1.40. The molecular weight excluding hydrogens is 156 g/mol. The lowest BCUT2D eigenvalue weighted by Crippen LogP contribution is -2.36. The average molecular weight is 168 g/mol. The Kier molecular flexibility index (Phi) is 2.38. The number of rotatable bonds is 1. The van der Waals surface area contributed by atoms with Crippen LogP contribution in [0.4, 0.5) is 10.7 Å². The number of urea groups is 1. The van der Waals surface area contributed by atoms with Crippen molar-refractivity contribution in [2.45, 2.75) is 0 Å². The van der Waals surface area contributed by atoms with Gasteiger partial charge in [-0.25, -0.2) is 4.79 Å². The molecule has 0 fully saturated rings. The van der Waals surface area contributed by atoms with Crippen molar-refractivity contribution < 1.29 is 9.21 Å². The molecule has 0 atom stereocenters. The Balaban J connectivity index is 2.72. The summed E-state index contributed by atoms with van der Waals surface area (Å²) < 4.78 is 5.04. The summed E-state index contributed by atoms with van der Waals surface area (Å²) in [6.45, 7) is 0. The van der Waals surface area contributed by atoms with Crippen molar-refractivity contribution in [3.63, 3.8) is 0 Å². The van der Waals surface area contributed by atoms with Crippen LogP contribution < -0.4 is 4.90 Å². The molecule has 1 aromatic rings. The summed E-state index contributed by atoms with van der Waals surface area (Å²) in [5.74, 6) is 0.550. The Morgan fingerprint density at radius 3 is 2.50 bits per heavy atom. The van der Waals surface area contributed by atoms with Gasteiger partial charge in [0, 0.05) is 27.2 Å². The van der Waals surface area contributed by atoms with E-state index in [-0.39, 0.29) is 6.03 Å². The minimum Gasteiger partial charge on any atom is -0.448 e. The fourth-order valence-electron chi connectivity index (χ4n) is 0.855. The van der Waals surface area contributed by atoms with Gasteiger partial charge in [-0.15, -0.1) is 0 Å². The van der Waals surface area contributed by atoms with Crippen LogP contribution in [0.15, 0.2) is 22.8 Å². The van der Waals surface area contributed by atoms with E-state index in [0.29, 0.717) is 5.88 Å². The number of hydrogen-bond acceptors (Lipinski definition) is 2. The van der Waals surface area contributed by atoms with Crippen molar-refractivity contribution in [1.29, 1.82) is 0 Å².